The van der Waals surface area contributed by atoms with E-state index < -0.39 is 87.6 Å². The molecule has 15 heteroatoms. The third-order valence-electron chi connectivity index (χ3n) is 8.26. The summed E-state index contributed by atoms with van der Waals surface area (Å²) < 4.78 is 46.2. The zero-order valence-electron chi connectivity index (χ0n) is 27.6. The minimum atomic E-state index is -2.31. The molecule has 1 aromatic carbocycles. The smallest absolute Gasteiger partial charge is 0.303 e. The van der Waals surface area contributed by atoms with E-state index in [-0.39, 0.29) is 24.9 Å². The van der Waals surface area contributed by atoms with E-state index in [1.54, 1.807) is 0 Å². The van der Waals surface area contributed by atoms with Crippen LogP contribution >= 0.6 is 0 Å². The number of carbonyl (C=O) groups is 3. The van der Waals surface area contributed by atoms with Crippen molar-refractivity contribution >= 4 is 26.2 Å². The molecule has 0 radical (unpaired) electrons. The Bertz CT molecular complexity index is 1160. The van der Waals surface area contributed by atoms with Crippen molar-refractivity contribution in [1.82, 2.24) is 0 Å². The van der Waals surface area contributed by atoms with Crippen LogP contribution in [0.1, 0.15) is 47.1 Å². The van der Waals surface area contributed by atoms with Gasteiger partial charge in [0.05, 0.1) is 19.8 Å². The minimum absolute atomic E-state index is 0.110. The fourth-order valence-corrected chi connectivity index (χ4v) is 5.86. The van der Waals surface area contributed by atoms with E-state index in [1.807, 2.05) is 64.2 Å². The lowest BCUT2D eigenvalue weighted by Gasteiger charge is -2.47. The molecular formula is C31H48O14Si. The van der Waals surface area contributed by atoms with Crippen LogP contribution in [-0.2, 0) is 58.6 Å². The second kappa shape index (κ2) is 16.1. The number of aliphatic hydroxyl groups is 3. The van der Waals surface area contributed by atoms with Crippen LogP contribution in [0, 0.1) is 0 Å². The number of ether oxygens (including phenoxy) is 7. The van der Waals surface area contributed by atoms with Gasteiger partial charge in [-0.25, -0.2) is 0 Å². The maximum absolute atomic E-state index is 12.2. The van der Waals surface area contributed by atoms with Crippen molar-refractivity contribution in [1.29, 1.82) is 0 Å². The first-order valence-electron chi connectivity index (χ1n) is 15.2. The molecule has 3 N–H and O–H groups in total. The van der Waals surface area contributed by atoms with Gasteiger partial charge in [-0.3, -0.25) is 14.4 Å². The Labute approximate surface area is 270 Å². The van der Waals surface area contributed by atoms with Gasteiger partial charge in [0.1, 0.15) is 30.5 Å². The first-order valence-corrected chi connectivity index (χ1v) is 18.1. The third kappa shape index (κ3) is 10.0. The van der Waals surface area contributed by atoms with E-state index in [0.717, 1.165) is 26.3 Å². The summed E-state index contributed by atoms with van der Waals surface area (Å²) >= 11 is 0. The Balaban J connectivity index is 1.92. The van der Waals surface area contributed by atoms with Gasteiger partial charge in [0.2, 0.25) is 0 Å². The minimum Gasteiger partial charge on any atom is -0.456 e. The van der Waals surface area contributed by atoms with Crippen LogP contribution in [0.4, 0.5) is 0 Å². The van der Waals surface area contributed by atoms with Crippen LogP contribution in [-0.4, -0.2) is 116 Å². The molecule has 260 valence electrons. The molecule has 1 aromatic rings. The Morgan fingerprint density at radius 3 is 1.89 bits per heavy atom. The average molecular weight is 673 g/mol. The predicted octanol–water partition coefficient (Wildman–Crippen LogP) is 1.57. The van der Waals surface area contributed by atoms with Crippen LogP contribution in [0.2, 0.25) is 18.1 Å². The van der Waals surface area contributed by atoms with Gasteiger partial charge in [0, 0.05) is 20.8 Å². The Hall–Kier alpha value is -2.47. The molecule has 2 heterocycles. The normalized spacial score (nSPS) is 32.0. The molecule has 0 aromatic heterocycles. The highest BCUT2D eigenvalue weighted by molar-refractivity contribution is 6.74. The summed E-state index contributed by atoms with van der Waals surface area (Å²) in [5.41, 5.74) is 0.845. The highest BCUT2D eigenvalue weighted by Crippen LogP contribution is 2.38. The molecular weight excluding hydrogens is 624 g/mol. The summed E-state index contributed by atoms with van der Waals surface area (Å²) in [6.07, 6.45) is -14.8. The molecule has 2 fully saturated rings. The van der Waals surface area contributed by atoms with Gasteiger partial charge < -0.3 is 52.9 Å². The zero-order valence-corrected chi connectivity index (χ0v) is 28.6. The van der Waals surface area contributed by atoms with E-state index in [9.17, 15) is 29.7 Å². The highest BCUT2D eigenvalue weighted by atomic mass is 28.4. The summed E-state index contributed by atoms with van der Waals surface area (Å²) in [7, 11) is -2.31. The monoisotopic (exact) mass is 672 g/mol. The standard InChI is InChI=1S/C31H48O14Si/c1-17(32)40-25-22(15-38-14-20-12-10-9-11-13-20)44-30(28(42-19(3)34)27(25)41-18(2)33)45-26-23(35)21(43-29(37)24(26)36)16-39-46(7,8)31(4,5)6/h9-13,21-30,35-37H,14-16H2,1-8H3/t21?,22?,23-,24?,25+,26?,27?,28?,29+,30+/m1/s1. The molecule has 0 saturated carbocycles. The van der Waals surface area contributed by atoms with Crippen molar-refractivity contribution in [2.24, 2.45) is 0 Å². The maximum atomic E-state index is 12.2. The van der Waals surface area contributed by atoms with Gasteiger partial charge in [-0.1, -0.05) is 51.1 Å². The second-order valence-electron chi connectivity index (χ2n) is 13.0. The molecule has 6 unspecified atom stereocenters. The van der Waals surface area contributed by atoms with Crippen LogP contribution in [0.3, 0.4) is 0 Å². The molecule has 0 aliphatic carbocycles. The van der Waals surface area contributed by atoms with E-state index in [1.165, 1.54) is 0 Å². The highest BCUT2D eigenvalue weighted by Gasteiger charge is 2.55. The number of benzene rings is 1. The van der Waals surface area contributed by atoms with E-state index in [4.69, 9.17) is 37.6 Å². The molecule has 0 spiro atoms. The summed E-state index contributed by atoms with van der Waals surface area (Å²) in [6.45, 7) is 13.4. The van der Waals surface area contributed by atoms with Gasteiger partial charge in [0.15, 0.2) is 39.2 Å². The van der Waals surface area contributed by atoms with Gasteiger partial charge in [-0.05, 0) is 23.7 Å². The fraction of sp³-hybridized carbons (Fsp3) is 0.710. The van der Waals surface area contributed by atoms with Crippen molar-refractivity contribution in [3.05, 3.63) is 35.9 Å². The number of aliphatic hydroxyl groups excluding tert-OH is 3. The molecule has 0 bridgehead atoms. The van der Waals surface area contributed by atoms with Crippen LogP contribution in [0.25, 0.3) is 0 Å². The molecule has 10 atom stereocenters. The Morgan fingerprint density at radius 1 is 0.761 bits per heavy atom. The van der Waals surface area contributed by atoms with E-state index in [0.29, 0.717) is 0 Å². The van der Waals surface area contributed by atoms with Crippen molar-refractivity contribution in [3.8, 4) is 0 Å². The Kier molecular flexibility index (Phi) is 13.3. The summed E-state index contributed by atoms with van der Waals surface area (Å²) in [5, 5.41) is 32.6. The lowest BCUT2D eigenvalue weighted by atomic mass is 9.96. The topological polar surface area (TPSA) is 186 Å². The van der Waals surface area contributed by atoms with Gasteiger partial charge >= 0.3 is 17.9 Å². The molecule has 2 aliphatic rings. The van der Waals surface area contributed by atoms with Crippen LogP contribution < -0.4 is 0 Å². The van der Waals surface area contributed by atoms with E-state index >= 15 is 0 Å². The van der Waals surface area contributed by atoms with Crippen LogP contribution in [0.15, 0.2) is 30.3 Å². The fourth-order valence-electron chi connectivity index (χ4n) is 4.84. The summed E-state index contributed by atoms with van der Waals surface area (Å²) in [5.74, 6) is -2.33. The SMILES string of the molecule is CC(=O)OC1C(OC(C)=O)[C@@H](OC(C)=O)C(COCc2ccccc2)O[C@H]1OC1C(O)[C@@H](O)OC(CO[Si](C)(C)C(C)(C)C)[C@H]1O. The van der Waals surface area contributed by atoms with Crippen LogP contribution in [0.5, 0.6) is 0 Å². The van der Waals surface area contributed by atoms with Crippen molar-refractivity contribution in [3.63, 3.8) is 0 Å². The van der Waals surface area contributed by atoms with Crippen molar-refractivity contribution in [2.75, 3.05) is 13.2 Å². The summed E-state index contributed by atoms with van der Waals surface area (Å²) in [6, 6.07) is 9.22. The van der Waals surface area contributed by atoms with Gasteiger partial charge in [0.25, 0.3) is 0 Å². The molecule has 2 saturated heterocycles. The van der Waals surface area contributed by atoms with Gasteiger partial charge in [-0.2, -0.15) is 0 Å². The number of rotatable bonds is 12. The van der Waals surface area contributed by atoms with Crippen molar-refractivity contribution in [2.45, 2.75) is 128 Å². The molecule has 3 rings (SSSR count). The predicted molar refractivity (Wildman–Crippen MR) is 162 cm³/mol. The largest absolute Gasteiger partial charge is 0.456 e. The van der Waals surface area contributed by atoms with Gasteiger partial charge in [-0.15, -0.1) is 0 Å². The number of hydrogen-bond acceptors (Lipinski definition) is 14. The molecule has 46 heavy (non-hydrogen) atoms. The maximum Gasteiger partial charge on any atom is 0.303 e. The zero-order chi connectivity index (χ0) is 34.4. The van der Waals surface area contributed by atoms with Crippen molar-refractivity contribution < 1.29 is 67.3 Å². The number of esters is 3. The average Bonchev–Trinajstić information content (AvgIpc) is 2.95. The molecule has 14 nitrogen and oxygen atoms in total. The lowest BCUT2D eigenvalue weighted by Crippen LogP contribution is -2.66. The van der Waals surface area contributed by atoms with E-state index in [2.05, 4.69) is 0 Å². The quantitative estimate of drug-likeness (QED) is 0.165. The third-order valence-corrected chi connectivity index (χ3v) is 12.8. The number of hydrogen-bond donors (Lipinski definition) is 3. The Morgan fingerprint density at radius 2 is 1.33 bits per heavy atom. The first kappa shape index (κ1) is 38.0. The molecule has 2 aliphatic heterocycles. The molecule has 0 amide bonds. The lowest BCUT2D eigenvalue weighted by molar-refractivity contribution is -0.357. The second-order valence-corrected chi connectivity index (χ2v) is 17.8. The first-order chi connectivity index (χ1) is 21.4. The number of carbonyl (C=O) groups excluding carboxylic acids is 3. The summed E-state index contributed by atoms with van der Waals surface area (Å²) in [4.78, 5) is 36.6.